The summed E-state index contributed by atoms with van der Waals surface area (Å²) in [6.07, 6.45) is 0.915. The van der Waals surface area contributed by atoms with E-state index in [1.54, 1.807) is 0 Å². The van der Waals surface area contributed by atoms with Crippen LogP contribution in [0.15, 0.2) is 24.3 Å². The first-order valence-corrected chi connectivity index (χ1v) is 5.06. The van der Waals surface area contributed by atoms with E-state index < -0.39 is 0 Å². The molecule has 0 aliphatic rings. The van der Waals surface area contributed by atoms with Gasteiger partial charge in [0.1, 0.15) is 11.4 Å². The van der Waals surface area contributed by atoms with Crippen molar-refractivity contribution in [1.82, 2.24) is 0 Å². The molecule has 14 heavy (non-hydrogen) atoms. The van der Waals surface area contributed by atoms with E-state index in [1.165, 1.54) is 0 Å². The molecule has 1 rings (SSSR count). The van der Waals surface area contributed by atoms with Crippen molar-refractivity contribution in [3.05, 3.63) is 29.8 Å². The molecule has 1 atom stereocenters. The quantitative estimate of drug-likeness (QED) is 0.797. The molecule has 0 radical (unpaired) electrons. The molecule has 0 aromatic heterocycles. The van der Waals surface area contributed by atoms with E-state index in [-0.39, 0.29) is 5.60 Å². The van der Waals surface area contributed by atoms with Gasteiger partial charge in [-0.25, -0.2) is 0 Å². The third-order valence-electron chi connectivity index (χ3n) is 2.63. The van der Waals surface area contributed by atoms with E-state index >= 15 is 0 Å². The van der Waals surface area contributed by atoms with Gasteiger partial charge in [-0.1, -0.05) is 25.1 Å². The maximum atomic E-state index is 5.91. The van der Waals surface area contributed by atoms with Crippen LogP contribution in [0.4, 0.5) is 0 Å². The Bertz CT molecular complexity index is 292. The third-order valence-corrected chi connectivity index (χ3v) is 2.63. The van der Waals surface area contributed by atoms with Crippen molar-refractivity contribution < 1.29 is 4.74 Å². The highest BCUT2D eigenvalue weighted by molar-refractivity contribution is 5.32. The molecule has 0 saturated carbocycles. The number of benzene rings is 1. The summed E-state index contributed by atoms with van der Waals surface area (Å²) in [5.41, 5.74) is 6.60. The van der Waals surface area contributed by atoms with Gasteiger partial charge < -0.3 is 10.5 Å². The number of hydrogen-bond donors (Lipinski definition) is 1. The second-order valence-electron chi connectivity index (χ2n) is 3.88. The summed E-state index contributed by atoms with van der Waals surface area (Å²) in [5.74, 6) is 0.933. The van der Waals surface area contributed by atoms with Crippen molar-refractivity contribution in [2.75, 3.05) is 6.54 Å². The van der Waals surface area contributed by atoms with Crippen molar-refractivity contribution >= 4 is 0 Å². The lowest BCUT2D eigenvalue weighted by Crippen LogP contribution is -2.40. The zero-order chi connectivity index (χ0) is 10.6. The molecular formula is C12H19NO. The normalized spacial score (nSPS) is 14.9. The van der Waals surface area contributed by atoms with Crippen LogP contribution in [0.25, 0.3) is 0 Å². The smallest absolute Gasteiger partial charge is 0.123 e. The second kappa shape index (κ2) is 4.47. The standard InChI is InChI=1S/C12H19NO/c1-4-12(3,9-13)14-11-8-6-5-7-10(11)2/h5-8H,4,9,13H2,1-3H3. The van der Waals surface area contributed by atoms with Gasteiger partial charge in [0.25, 0.3) is 0 Å². The van der Waals surface area contributed by atoms with Gasteiger partial charge in [-0.2, -0.15) is 0 Å². The topological polar surface area (TPSA) is 35.2 Å². The van der Waals surface area contributed by atoms with Crippen LogP contribution in [0.1, 0.15) is 25.8 Å². The second-order valence-corrected chi connectivity index (χ2v) is 3.88. The highest BCUT2D eigenvalue weighted by atomic mass is 16.5. The number of ether oxygens (including phenoxy) is 1. The molecule has 1 aromatic carbocycles. The minimum atomic E-state index is -0.244. The highest BCUT2D eigenvalue weighted by Crippen LogP contribution is 2.23. The average molecular weight is 193 g/mol. The van der Waals surface area contributed by atoms with E-state index in [1.807, 2.05) is 38.1 Å². The summed E-state index contributed by atoms with van der Waals surface area (Å²) in [5, 5.41) is 0. The zero-order valence-electron chi connectivity index (χ0n) is 9.21. The third kappa shape index (κ3) is 2.48. The van der Waals surface area contributed by atoms with Crippen LogP contribution in [0.2, 0.25) is 0 Å². The van der Waals surface area contributed by atoms with E-state index in [0.717, 1.165) is 17.7 Å². The molecular weight excluding hydrogens is 174 g/mol. The van der Waals surface area contributed by atoms with Crippen LogP contribution in [0.3, 0.4) is 0 Å². The zero-order valence-corrected chi connectivity index (χ0v) is 9.21. The van der Waals surface area contributed by atoms with Crippen molar-refractivity contribution in [2.24, 2.45) is 5.73 Å². The van der Waals surface area contributed by atoms with E-state index in [4.69, 9.17) is 10.5 Å². The Balaban J connectivity index is 2.82. The van der Waals surface area contributed by atoms with Crippen LogP contribution < -0.4 is 10.5 Å². The largest absolute Gasteiger partial charge is 0.486 e. The maximum absolute atomic E-state index is 5.91. The molecule has 2 nitrogen and oxygen atoms in total. The molecule has 0 bridgehead atoms. The van der Waals surface area contributed by atoms with Gasteiger partial charge in [0.15, 0.2) is 0 Å². The Hall–Kier alpha value is -1.02. The molecule has 0 fully saturated rings. The van der Waals surface area contributed by atoms with Crippen molar-refractivity contribution in [3.63, 3.8) is 0 Å². The van der Waals surface area contributed by atoms with Crippen molar-refractivity contribution in [2.45, 2.75) is 32.8 Å². The molecule has 0 aliphatic carbocycles. The molecule has 1 unspecified atom stereocenters. The van der Waals surface area contributed by atoms with Gasteiger partial charge in [0, 0.05) is 6.54 Å². The summed E-state index contributed by atoms with van der Waals surface area (Å²) in [7, 11) is 0. The Kier molecular flexibility index (Phi) is 3.53. The van der Waals surface area contributed by atoms with Crippen molar-refractivity contribution in [3.8, 4) is 5.75 Å². The minimum Gasteiger partial charge on any atom is -0.486 e. The number of rotatable bonds is 4. The van der Waals surface area contributed by atoms with E-state index in [2.05, 4.69) is 6.92 Å². The Labute approximate surface area is 86.1 Å². The van der Waals surface area contributed by atoms with Crippen molar-refractivity contribution in [1.29, 1.82) is 0 Å². The first-order valence-electron chi connectivity index (χ1n) is 5.06. The lowest BCUT2D eigenvalue weighted by Gasteiger charge is -2.28. The SMILES string of the molecule is CCC(C)(CN)Oc1ccccc1C. The van der Waals surface area contributed by atoms with Gasteiger partial charge in [0.05, 0.1) is 0 Å². The molecule has 0 heterocycles. The van der Waals surface area contributed by atoms with Gasteiger partial charge in [-0.3, -0.25) is 0 Å². The van der Waals surface area contributed by atoms with Gasteiger partial charge in [-0.05, 0) is 31.9 Å². The number of hydrogen-bond acceptors (Lipinski definition) is 2. The fourth-order valence-electron chi connectivity index (χ4n) is 1.19. The first kappa shape index (κ1) is 11.1. The van der Waals surface area contributed by atoms with Crippen LogP contribution in [0, 0.1) is 6.92 Å². The highest BCUT2D eigenvalue weighted by Gasteiger charge is 2.22. The molecule has 0 aliphatic heterocycles. The number of aryl methyl sites for hydroxylation is 1. The minimum absolute atomic E-state index is 0.244. The summed E-state index contributed by atoms with van der Waals surface area (Å²) < 4.78 is 5.91. The maximum Gasteiger partial charge on any atom is 0.123 e. The fourth-order valence-corrected chi connectivity index (χ4v) is 1.19. The predicted molar refractivity (Wildman–Crippen MR) is 59.6 cm³/mol. The summed E-state index contributed by atoms with van der Waals surface area (Å²) in [6, 6.07) is 8.02. The number of nitrogens with two attached hydrogens (primary N) is 1. The van der Waals surface area contributed by atoms with Gasteiger partial charge in [-0.15, -0.1) is 0 Å². The van der Waals surface area contributed by atoms with Crippen LogP contribution >= 0.6 is 0 Å². The summed E-state index contributed by atoms with van der Waals surface area (Å²) in [4.78, 5) is 0. The Morgan fingerprint density at radius 1 is 1.36 bits per heavy atom. The summed E-state index contributed by atoms with van der Waals surface area (Å²) >= 11 is 0. The van der Waals surface area contributed by atoms with E-state index in [0.29, 0.717) is 6.54 Å². The Morgan fingerprint density at radius 2 is 2.00 bits per heavy atom. The first-order chi connectivity index (χ1) is 6.61. The van der Waals surface area contributed by atoms with Gasteiger partial charge in [0.2, 0.25) is 0 Å². The molecule has 0 saturated heterocycles. The lowest BCUT2D eigenvalue weighted by atomic mass is 10.0. The lowest BCUT2D eigenvalue weighted by molar-refractivity contribution is 0.0926. The van der Waals surface area contributed by atoms with Gasteiger partial charge >= 0.3 is 0 Å². The number of para-hydroxylation sites is 1. The predicted octanol–water partition coefficient (Wildman–Crippen LogP) is 2.50. The molecule has 1 aromatic rings. The summed E-state index contributed by atoms with van der Waals surface area (Å²) in [6.45, 7) is 6.71. The van der Waals surface area contributed by atoms with Crippen LogP contribution in [-0.4, -0.2) is 12.1 Å². The molecule has 2 N–H and O–H groups in total. The fraction of sp³-hybridized carbons (Fsp3) is 0.500. The average Bonchev–Trinajstić information content (AvgIpc) is 2.21. The molecule has 2 heteroatoms. The van der Waals surface area contributed by atoms with E-state index in [9.17, 15) is 0 Å². The monoisotopic (exact) mass is 193 g/mol. The molecule has 0 spiro atoms. The molecule has 0 amide bonds. The van der Waals surface area contributed by atoms with Crippen LogP contribution in [0.5, 0.6) is 5.75 Å². The molecule has 78 valence electrons. The van der Waals surface area contributed by atoms with Crippen LogP contribution in [-0.2, 0) is 0 Å². The Morgan fingerprint density at radius 3 is 2.50 bits per heavy atom.